The average Bonchev–Trinajstić information content (AvgIpc) is 3.08. The summed E-state index contributed by atoms with van der Waals surface area (Å²) in [5.41, 5.74) is 11.7. The molecule has 1 aliphatic carbocycles. The number of hydrogen-bond donors (Lipinski definition) is 2. The standard InChI is InChI=1S/C18H26N2/c1-3-13-8-9-17-15(10-13)18(12(2)20-17)16(11-19)14-6-4-5-7-14/h8-10,14,16,20H,3-7,11,19H2,1-2H3. The Bertz CT molecular complexity index is 591. The molecule has 0 bridgehead atoms. The lowest BCUT2D eigenvalue weighted by molar-refractivity contribution is 0.441. The number of fused-ring (bicyclic) bond motifs is 1. The minimum absolute atomic E-state index is 0.526. The van der Waals surface area contributed by atoms with Crippen LogP contribution in [0.3, 0.4) is 0 Å². The van der Waals surface area contributed by atoms with E-state index in [9.17, 15) is 0 Å². The molecule has 0 radical (unpaired) electrons. The molecule has 0 aliphatic heterocycles. The Kier molecular flexibility index (Phi) is 3.84. The van der Waals surface area contributed by atoms with Crippen molar-refractivity contribution >= 4 is 10.9 Å². The largest absolute Gasteiger partial charge is 0.358 e. The molecule has 2 aromatic rings. The molecule has 0 saturated heterocycles. The third-order valence-corrected chi connectivity index (χ3v) is 5.10. The monoisotopic (exact) mass is 270 g/mol. The second-order valence-electron chi connectivity index (χ2n) is 6.28. The minimum Gasteiger partial charge on any atom is -0.358 e. The van der Waals surface area contributed by atoms with Gasteiger partial charge in [-0.3, -0.25) is 0 Å². The highest BCUT2D eigenvalue weighted by Crippen LogP contribution is 2.40. The van der Waals surface area contributed by atoms with E-state index in [4.69, 9.17) is 5.73 Å². The fraction of sp³-hybridized carbons (Fsp3) is 0.556. The van der Waals surface area contributed by atoms with Crippen LogP contribution in [-0.4, -0.2) is 11.5 Å². The zero-order valence-electron chi connectivity index (χ0n) is 12.7. The van der Waals surface area contributed by atoms with Crippen LogP contribution in [0.25, 0.3) is 10.9 Å². The van der Waals surface area contributed by atoms with Crippen LogP contribution in [0, 0.1) is 12.8 Å². The second-order valence-corrected chi connectivity index (χ2v) is 6.28. The highest BCUT2D eigenvalue weighted by Gasteiger charge is 2.28. The highest BCUT2D eigenvalue weighted by molar-refractivity contribution is 5.86. The lowest BCUT2D eigenvalue weighted by Gasteiger charge is -2.22. The second kappa shape index (κ2) is 5.61. The van der Waals surface area contributed by atoms with E-state index in [1.165, 1.54) is 53.4 Å². The molecule has 3 N–H and O–H groups in total. The maximum Gasteiger partial charge on any atom is 0.0459 e. The summed E-state index contributed by atoms with van der Waals surface area (Å²) in [6.07, 6.45) is 6.55. The van der Waals surface area contributed by atoms with Crippen LogP contribution in [0.5, 0.6) is 0 Å². The first kappa shape index (κ1) is 13.7. The molecule has 1 aliphatic rings. The van der Waals surface area contributed by atoms with Gasteiger partial charge in [0.05, 0.1) is 0 Å². The SMILES string of the molecule is CCc1ccc2[nH]c(C)c(C(CN)C3CCCC3)c2c1. The number of benzene rings is 1. The van der Waals surface area contributed by atoms with Crippen molar-refractivity contribution in [1.29, 1.82) is 0 Å². The number of aryl methyl sites for hydroxylation is 2. The third-order valence-electron chi connectivity index (χ3n) is 5.10. The van der Waals surface area contributed by atoms with Gasteiger partial charge in [-0.15, -0.1) is 0 Å². The lowest BCUT2D eigenvalue weighted by atomic mass is 9.83. The molecule has 1 aromatic heterocycles. The molecular weight excluding hydrogens is 244 g/mol. The summed E-state index contributed by atoms with van der Waals surface area (Å²) in [7, 11) is 0. The summed E-state index contributed by atoms with van der Waals surface area (Å²) in [5, 5.41) is 1.41. The van der Waals surface area contributed by atoms with Gasteiger partial charge < -0.3 is 10.7 Å². The molecule has 0 spiro atoms. The van der Waals surface area contributed by atoms with E-state index >= 15 is 0 Å². The maximum absolute atomic E-state index is 6.16. The number of aromatic amines is 1. The van der Waals surface area contributed by atoms with Crippen molar-refractivity contribution in [3.63, 3.8) is 0 Å². The molecule has 0 amide bonds. The molecule has 2 heteroatoms. The molecule has 108 valence electrons. The van der Waals surface area contributed by atoms with Gasteiger partial charge in [0.15, 0.2) is 0 Å². The molecule has 1 atom stereocenters. The molecule has 3 rings (SSSR count). The van der Waals surface area contributed by atoms with E-state index in [0.717, 1.165) is 18.9 Å². The van der Waals surface area contributed by atoms with Crippen molar-refractivity contribution in [1.82, 2.24) is 4.98 Å². The van der Waals surface area contributed by atoms with Crippen LogP contribution in [0.15, 0.2) is 18.2 Å². The number of aromatic nitrogens is 1. The lowest BCUT2D eigenvalue weighted by Crippen LogP contribution is -2.20. The predicted molar refractivity (Wildman–Crippen MR) is 86.2 cm³/mol. The number of nitrogens with one attached hydrogen (secondary N) is 1. The van der Waals surface area contributed by atoms with Crippen molar-refractivity contribution < 1.29 is 0 Å². The van der Waals surface area contributed by atoms with Gasteiger partial charge in [-0.25, -0.2) is 0 Å². The van der Waals surface area contributed by atoms with Crippen LogP contribution >= 0.6 is 0 Å². The van der Waals surface area contributed by atoms with Gasteiger partial charge in [-0.2, -0.15) is 0 Å². The quantitative estimate of drug-likeness (QED) is 0.856. The van der Waals surface area contributed by atoms with Gasteiger partial charge >= 0.3 is 0 Å². The summed E-state index contributed by atoms with van der Waals surface area (Å²) in [6, 6.07) is 6.83. The Labute approximate surface area is 121 Å². The van der Waals surface area contributed by atoms with Crippen LogP contribution in [0.4, 0.5) is 0 Å². The highest BCUT2D eigenvalue weighted by atomic mass is 14.7. The molecule has 1 saturated carbocycles. The first-order valence-electron chi connectivity index (χ1n) is 8.05. The maximum atomic E-state index is 6.16. The summed E-state index contributed by atoms with van der Waals surface area (Å²) >= 11 is 0. The molecule has 1 heterocycles. The summed E-state index contributed by atoms with van der Waals surface area (Å²) in [4.78, 5) is 3.56. The van der Waals surface area contributed by atoms with Crippen LogP contribution in [-0.2, 0) is 6.42 Å². The Balaban J connectivity index is 2.09. The Morgan fingerprint density at radius 3 is 2.70 bits per heavy atom. The minimum atomic E-state index is 0.526. The molecule has 2 nitrogen and oxygen atoms in total. The molecule has 1 aromatic carbocycles. The third kappa shape index (κ3) is 2.26. The van der Waals surface area contributed by atoms with Crippen molar-refractivity contribution in [3.05, 3.63) is 35.0 Å². The van der Waals surface area contributed by atoms with Crippen LogP contribution in [0.2, 0.25) is 0 Å². The fourth-order valence-electron chi connectivity index (χ4n) is 4.00. The van der Waals surface area contributed by atoms with Crippen molar-refractivity contribution in [2.75, 3.05) is 6.54 Å². The van der Waals surface area contributed by atoms with Crippen LogP contribution < -0.4 is 5.73 Å². The summed E-state index contributed by atoms with van der Waals surface area (Å²) < 4.78 is 0. The Hall–Kier alpha value is -1.28. The van der Waals surface area contributed by atoms with Crippen molar-refractivity contribution in [2.45, 2.75) is 51.9 Å². The molecule has 1 fully saturated rings. The van der Waals surface area contributed by atoms with Gasteiger partial charge in [0, 0.05) is 22.5 Å². The smallest absolute Gasteiger partial charge is 0.0459 e. The van der Waals surface area contributed by atoms with Gasteiger partial charge in [-0.05, 0) is 61.9 Å². The number of hydrogen-bond acceptors (Lipinski definition) is 1. The number of H-pyrrole nitrogens is 1. The fourth-order valence-corrected chi connectivity index (χ4v) is 4.00. The summed E-state index contributed by atoms with van der Waals surface area (Å²) in [5.74, 6) is 1.31. The zero-order chi connectivity index (χ0) is 14.1. The van der Waals surface area contributed by atoms with Gasteiger partial charge in [0.2, 0.25) is 0 Å². The zero-order valence-corrected chi connectivity index (χ0v) is 12.7. The first-order valence-corrected chi connectivity index (χ1v) is 8.05. The normalized spacial score (nSPS) is 17.9. The number of nitrogens with two attached hydrogens (primary N) is 1. The summed E-state index contributed by atoms with van der Waals surface area (Å²) in [6.45, 7) is 5.20. The van der Waals surface area contributed by atoms with E-state index in [-0.39, 0.29) is 0 Å². The molecular formula is C18H26N2. The van der Waals surface area contributed by atoms with Gasteiger partial charge in [0.1, 0.15) is 0 Å². The number of rotatable bonds is 4. The first-order chi connectivity index (χ1) is 9.74. The molecule has 1 unspecified atom stereocenters. The van der Waals surface area contributed by atoms with E-state index in [2.05, 4.69) is 37.0 Å². The van der Waals surface area contributed by atoms with E-state index in [1.54, 1.807) is 0 Å². The van der Waals surface area contributed by atoms with Crippen molar-refractivity contribution in [2.24, 2.45) is 11.7 Å². The van der Waals surface area contributed by atoms with E-state index < -0.39 is 0 Å². The van der Waals surface area contributed by atoms with Gasteiger partial charge in [0.25, 0.3) is 0 Å². The van der Waals surface area contributed by atoms with Crippen LogP contribution in [0.1, 0.15) is 55.3 Å². The predicted octanol–water partition coefficient (Wildman–Crippen LogP) is 4.27. The average molecular weight is 270 g/mol. The Morgan fingerprint density at radius 1 is 1.30 bits per heavy atom. The Morgan fingerprint density at radius 2 is 2.05 bits per heavy atom. The van der Waals surface area contributed by atoms with Gasteiger partial charge in [-0.1, -0.05) is 25.8 Å². The molecule has 20 heavy (non-hydrogen) atoms. The van der Waals surface area contributed by atoms with Crippen molar-refractivity contribution in [3.8, 4) is 0 Å². The topological polar surface area (TPSA) is 41.8 Å². The van der Waals surface area contributed by atoms with E-state index in [0.29, 0.717) is 5.92 Å². The van der Waals surface area contributed by atoms with E-state index in [1.807, 2.05) is 0 Å².